The summed E-state index contributed by atoms with van der Waals surface area (Å²) in [6.45, 7) is 1.86. The largest absolute Gasteiger partial charge is 0.466 e. The van der Waals surface area contributed by atoms with Crippen LogP contribution < -0.4 is 27.4 Å². The average molecular weight is 280 g/mol. The minimum atomic E-state index is -4.64. The van der Waals surface area contributed by atoms with Gasteiger partial charge in [0.1, 0.15) is 0 Å². The number of anilines is 3. The molecule has 1 aromatic rings. The van der Waals surface area contributed by atoms with Crippen molar-refractivity contribution in [1.29, 1.82) is 0 Å². The molecule has 9 N–H and O–H groups in total. The van der Waals surface area contributed by atoms with Crippen LogP contribution in [0.3, 0.4) is 0 Å². The Balaban J connectivity index is 0.000000280. The number of hydrogen-bond donors (Lipinski definition) is 6. The monoisotopic (exact) mass is 280 g/mol. The van der Waals surface area contributed by atoms with E-state index in [2.05, 4.69) is 15.0 Å². The number of hydrazine groups is 2. The molecule has 0 amide bonds. The molecule has 0 atom stereocenters. The van der Waals surface area contributed by atoms with Crippen LogP contribution in [-0.4, -0.2) is 42.7 Å². The zero-order valence-electron chi connectivity index (χ0n) is 9.08. The van der Waals surface area contributed by atoms with E-state index < -0.39 is 7.82 Å². The Morgan fingerprint density at radius 1 is 1.17 bits per heavy atom. The number of nitrogens with two attached hydrogens (primary N) is 3. The second-order valence-corrected chi connectivity index (χ2v) is 4.23. The van der Waals surface area contributed by atoms with Crippen molar-refractivity contribution in [2.24, 2.45) is 11.7 Å². The molecule has 1 aliphatic rings. The number of rotatable bonds is 2. The van der Waals surface area contributed by atoms with Crippen LogP contribution in [0.2, 0.25) is 0 Å². The highest BCUT2D eigenvalue weighted by atomic mass is 31.2. The van der Waals surface area contributed by atoms with Gasteiger partial charge in [0.05, 0.1) is 0 Å². The van der Waals surface area contributed by atoms with E-state index in [-0.39, 0.29) is 11.9 Å². The zero-order valence-corrected chi connectivity index (χ0v) is 9.97. The fourth-order valence-corrected chi connectivity index (χ4v) is 0.876. The third kappa shape index (κ3) is 5.67. The summed E-state index contributed by atoms with van der Waals surface area (Å²) in [6.07, 6.45) is 0. The molecular formula is C5H13N8O4P. The predicted octanol–water partition coefficient (Wildman–Crippen LogP) is -3.10. The first-order valence-corrected chi connectivity index (χ1v) is 6.07. The van der Waals surface area contributed by atoms with Crippen LogP contribution in [0.4, 0.5) is 17.8 Å². The normalized spacial score (nSPS) is 13.7. The molecule has 102 valence electrons. The van der Waals surface area contributed by atoms with Gasteiger partial charge in [0.25, 0.3) is 5.95 Å². The first-order valence-electron chi connectivity index (χ1n) is 4.51. The maximum Gasteiger partial charge on any atom is 0.466 e. The number of aromatic nitrogens is 3. The molecule has 1 fully saturated rings. The second-order valence-electron chi connectivity index (χ2n) is 3.20. The molecule has 1 aromatic heterocycles. The minimum Gasteiger partial charge on any atom is -0.368 e. The van der Waals surface area contributed by atoms with Gasteiger partial charge in [0.15, 0.2) is 0 Å². The van der Waals surface area contributed by atoms with Gasteiger partial charge in [-0.3, -0.25) is 0 Å². The Hall–Kier alpha value is -1.56. The third-order valence-corrected chi connectivity index (χ3v) is 1.59. The van der Waals surface area contributed by atoms with Gasteiger partial charge in [0.2, 0.25) is 11.9 Å². The van der Waals surface area contributed by atoms with Crippen molar-refractivity contribution in [2.45, 2.75) is 0 Å². The lowest BCUT2D eigenvalue weighted by Crippen LogP contribution is -2.39. The molecule has 0 aromatic carbocycles. The highest BCUT2D eigenvalue weighted by molar-refractivity contribution is 7.45. The molecule has 1 saturated heterocycles. The second kappa shape index (κ2) is 5.39. The molecule has 0 unspecified atom stereocenters. The summed E-state index contributed by atoms with van der Waals surface area (Å²) in [4.78, 5) is 35.1. The molecule has 0 bridgehead atoms. The van der Waals surface area contributed by atoms with E-state index in [0.29, 0.717) is 5.95 Å². The number of nitrogen functional groups attached to an aromatic ring is 1. The molecule has 0 aliphatic carbocycles. The highest BCUT2D eigenvalue weighted by Gasteiger charge is 2.22. The zero-order chi connectivity index (χ0) is 13.9. The number of phosphoric acid groups is 1. The van der Waals surface area contributed by atoms with Gasteiger partial charge in [-0.1, -0.05) is 0 Å². The SMILES string of the molecule is Nc1nc(N(N)N)nc(N2CC2)n1.O=P(O)(O)O. The van der Waals surface area contributed by atoms with Crippen LogP contribution in [0.5, 0.6) is 0 Å². The molecule has 18 heavy (non-hydrogen) atoms. The summed E-state index contributed by atoms with van der Waals surface area (Å²) >= 11 is 0. The van der Waals surface area contributed by atoms with Crippen LogP contribution in [0, 0.1) is 0 Å². The van der Waals surface area contributed by atoms with Gasteiger partial charge in [-0.05, 0) is 0 Å². The smallest absolute Gasteiger partial charge is 0.368 e. The van der Waals surface area contributed by atoms with Crippen LogP contribution in [0.1, 0.15) is 0 Å². The van der Waals surface area contributed by atoms with E-state index >= 15 is 0 Å². The van der Waals surface area contributed by atoms with Crippen molar-refractivity contribution in [3.05, 3.63) is 0 Å². The molecular weight excluding hydrogens is 267 g/mol. The standard InChI is InChI=1S/C5H10N8.H3O4P/c6-3-9-4(12-1-2-12)11-5(10-3)13(7)8;1-5(2,3)4/h1-2,7-8H2,(H2,6,9,10,11);(H3,1,2,3,4). The Labute approximate surface area is 101 Å². The third-order valence-electron chi connectivity index (χ3n) is 1.59. The Kier molecular flexibility index (Phi) is 4.34. The summed E-state index contributed by atoms with van der Waals surface area (Å²) in [7, 11) is -4.64. The van der Waals surface area contributed by atoms with Crippen molar-refractivity contribution < 1.29 is 19.2 Å². The van der Waals surface area contributed by atoms with E-state index in [9.17, 15) is 0 Å². The van der Waals surface area contributed by atoms with Crippen LogP contribution in [0.25, 0.3) is 0 Å². The topological polar surface area (TPSA) is 201 Å². The lowest BCUT2D eigenvalue weighted by Gasteiger charge is -2.10. The summed E-state index contributed by atoms with van der Waals surface area (Å²) in [5.41, 5.74) is 5.44. The van der Waals surface area contributed by atoms with Gasteiger partial charge < -0.3 is 25.3 Å². The number of hydrogen-bond acceptors (Lipinski definition) is 9. The van der Waals surface area contributed by atoms with Crippen molar-refractivity contribution in [3.63, 3.8) is 0 Å². The van der Waals surface area contributed by atoms with Crippen molar-refractivity contribution in [1.82, 2.24) is 15.0 Å². The molecule has 2 rings (SSSR count). The van der Waals surface area contributed by atoms with Gasteiger partial charge in [-0.25, -0.2) is 21.4 Å². The molecule has 0 saturated carbocycles. The van der Waals surface area contributed by atoms with E-state index in [4.69, 9.17) is 36.7 Å². The highest BCUT2D eigenvalue weighted by Crippen LogP contribution is 2.25. The fraction of sp³-hybridized carbons (Fsp3) is 0.400. The Bertz CT molecular complexity index is 430. The maximum atomic E-state index is 8.88. The molecule has 1 aliphatic heterocycles. The van der Waals surface area contributed by atoms with E-state index in [0.717, 1.165) is 18.2 Å². The Morgan fingerprint density at radius 3 is 2.06 bits per heavy atom. The molecule has 0 radical (unpaired) electrons. The van der Waals surface area contributed by atoms with Gasteiger partial charge in [-0.2, -0.15) is 15.0 Å². The summed E-state index contributed by atoms with van der Waals surface area (Å²) in [6, 6.07) is 0. The minimum absolute atomic E-state index is 0.118. The fourth-order valence-electron chi connectivity index (χ4n) is 0.876. The summed E-state index contributed by atoms with van der Waals surface area (Å²) in [5.74, 6) is 11.3. The van der Waals surface area contributed by atoms with E-state index in [1.807, 2.05) is 4.90 Å². The van der Waals surface area contributed by atoms with Crippen LogP contribution >= 0.6 is 7.82 Å². The predicted molar refractivity (Wildman–Crippen MR) is 61.6 cm³/mol. The van der Waals surface area contributed by atoms with Gasteiger partial charge in [0, 0.05) is 13.1 Å². The van der Waals surface area contributed by atoms with Crippen molar-refractivity contribution in [2.75, 3.05) is 28.8 Å². The molecule has 2 heterocycles. The van der Waals surface area contributed by atoms with Crippen LogP contribution in [0.15, 0.2) is 0 Å². The van der Waals surface area contributed by atoms with E-state index in [1.54, 1.807) is 0 Å². The first-order chi connectivity index (χ1) is 8.16. The molecule has 13 heteroatoms. The molecule has 12 nitrogen and oxygen atoms in total. The number of nitrogens with zero attached hydrogens (tertiary/aromatic N) is 5. The first kappa shape index (κ1) is 14.5. The average Bonchev–Trinajstić information content (AvgIpc) is 2.96. The van der Waals surface area contributed by atoms with Crippen LogP contribution in [-0.2, 0) is 4.57 Å². The van der Waals surface area contributed by atoms with Crippen molar-refractivity contribution >= 4 is 25.7 Å². The van der Waals surface area contributed by atoms with Crippen molar-refractivity contribution in [3.8, 4) is 0 Å². The maximum absolute atomic E-state index is 8.88. The lowest BCUT2D eigenvalue weighted by atomic mass is 10.8. The van der Waals surface area contributed by atoms with E-state index in [1.165, 1.54) is 0 Å². The molecule has 0 spiro atoms. The lowest BCUT2D eigenvalue weighted by molar-refractivity contribution is 0.275. The van der Waals surface area contributed by atoms with Gasteiger partial charge in [-0.15, -0.1) is 0 Å². The van der Waals surface area contributed by atoms with Gasteiger partial charge >= 0.3 is 7.82 Å². The summed E-state index contributed by atoms with van der Waals surface area (Å²) in [5, 5.41) is 0.811. The quantitative estimate of drug-likeness (QED) is 0.138. The summed E-state index contributed by atoms with van der Waals surface area (Å²) < 4.78 is 8.88. The Morgan fingerprint density at radius 2 is 1.67 bits per heavy atom.